The Morgan fingerprint density at radius 3 is 2.38 bits per heavy atom. The van der Waals surface area contributed by atoms with Gasteiger partial charge in [0.05, 0.1) is 12.1 Å². The number of halogens is 1. The van der Waals surface area contributed by atoms with E-state index in [0.29, 0.717) is 0 Å². The van der Waals surface area contributed by atoms with Crippen molar-refractivity contribution in [1.29, 1.82) is 0 Å². The van der Waals surface area contributed by atoms with Gasteiger partial charge in [-0.25, -0.2) is 4.39 Å². The lowest BCUT2D eigenvalue weighted by Crippen LogP contribution is -2.31. The molecule has 0 aromatic heterocycles. The van der Waals surface area contributed by atoms with E-state index in [1.807, 2.05) is 45.0 Å². The molecule has 0 aliphatic carbocycles. The van der Waals surface area contributed by atoms with Crippen molar-refractivity contribution < 1.29 is 18.7 Å². The number of para-hydroxylation sites is 1. The van der Waals surface area contributed by atoms with Crippen LogP contribution in [0.3, 0.4) is 0 Å². The molecule has 128 valence electrons. The lowest BCUT2D eigenvalue weighted by atomic mass is 10.1. The molecule has 24 heavy (non-hydrogen) atoms. The molecule has 0 saturated heterocycles. The van der Waals surface area contributed by atoms with Crippen LogP contribution in [0.1, 0.15) is 32.4 Å². The number of benzene rings is 2. The van der Waals surface area contributed by atoms with Crippen molar-refractivity contribution in [3.63, 3.8) is 0 Å². The number of carbonyl (C=O) groups excluding carboxylic acids is 1. The van der Waals surface area contributed by atoms with Gasteiger partial charge < -0.3 is 14.8 Å². The maximum absolute atomic E-state index is 13.4. The molecule has 0 saturated carbocycles. The first-order chi connectivity index (χ1) is 11.5. The topological polar surface area (TPSA) is 47.6 Å². The van der Waals surface area contributed by atoms with Crippen molar-refractivity contribution in [1.82, 2.24) is 5.32 Å². The highest BCUT2D eigenvalue weighted by Gasteiger charge is 2.11. The molecule has 1 atom stereocenters. The normalized spacial score (nSPS) is 11.9. The van der Waals surface area contributed by atoms with E-state index < -0.39 is 5.82 Å². The van der Waals surface area contributed by atoms with Crippen molar-refractivity contribution in [2.75, 3.05) is 6.61 Å². The lowest BCUT2D eigenvalue weighted by Gasteiger charge is -2.16. The Kier molecular flexibility index (Phi) is 6.18. The predicted octanol–water partition coefficient (Wildman–Crippen LogP) is 3.87. The molecule has 2 rings (SSSR count). The summed E-state index contributed by atoms with van der Waals surface area (Å²) < 4.78 is 24.2. The van der Waals surface area contributed by atoms with Crippen LogP contribution in [0, 0.1) is 5.82 Å². The summed E-state index contributed by atoms with van der Waals surface area (Å²) in [5, 5.41) is 2.82. The first-order valence-electron chi connectivity index (χ1n) is 7.89. The Hall–Kier alpha value is -2.56. The maximum atomic E-state index is 13.4. The van der Waals surface area contributed by atoms with Crippen molar-refractivity contribution in [2.45, 2.75) is 32.9 Å². The van der Waals surface area contributed by atoms with Crippen molar-refractivity contribution in [3.05, 3.63) is 59.9 Å². The van der Waals surface area contributed by atoms with E-state index in [-0.39, 0.29) is 30.4 Å². The molecule has 0 aliphatic rings. The molecule has 0 spiro atoms. The van der Waals surface area contributed by atoms with Crippen LogP contribution < -0.4 is 14.8 Å². The van der Waals surface area contributed by atoms with Gasteiger partial charge in [-0.1, -0.05) is 24.3 Å². The summed E-state index contributed by atoms with van der Waals surface area (Å²) >= 11 is 0. The van der Waals surface area contributed by atoms with Gasteiger partial charge in [0.15, 0.2) is 18.2 Å². The zero-order chi connectivity index (χ0) is 17.5. The Morgan fingerprint density at radius 1 is 1.08 bits per heavy atom. The smallest absolute Gasteiger partial charge is 0.258 e. The number of hydrogen-bond donors (Lipinski definition) is 1. The van der Waals surface area contributed by atoms with E-state index >= 15 is 0 Å². The van der Waals surface area contributed by atoms with Crippen LogP contribution >= 0.6 is 0 Å². The summed E-state index contributed by atoms with van der Waals surface area (Å²) in [4.78, 5) is 11.9. The molecular formula is C19H22FNO3. The zero-order valence-corrected chi connectivity index (χ0v) is 14.1. The van der Waals surface area contributed by atoms with Gasteiger partial charge in [0.25, 0.3) is 5.91 Å². The predicted molar refractivity (Wildman–Crippen MR) is 90.7 cm³/mol. The standard InChI is InChI=1S/C19H22FNO3/c1-13(2)24-16-10-8-15(9-11-16)14(3)21-19(22)12-23-18-7-5-4-6-17(18)20/h4-11,13-14H,12H2,1-3H3,(H,21,22). The molecule has 1 N–H and O–H groups in total. The van der Waals surface area contributed by atoms with Crippen molar-refractivity contribution in [2.24, 2.45) is 0 Å². The molecule has 5 heteroatoms. The summed E-state index contributed by atoms with van der Waals surface area (Å²) in [6, 6.07) is 13.4. The molecule has 0 aliphatic heterocycles. The van der Waals surface area contributed by atoms with Crippen LogP contribution in [0.5, 0.6) is 11.5 Å². The molecule has 2 aromatic rings. The Labute approximate surface area is 141 Å². The van der Waals surface area contributed by atoms with Gasteiger partial charge in [-0.2, -0.15) is 0 Å². The van der Waals surface area contributed by atoms with Gasteiger partial charge in [0, 0.05) is 0 Å². The highest BCUT2D eigenvalue weighted by atomic mass is 19.1. The van der Waals surface area contributed by atoms with Crippen LogP contribution in [0.2, 0.25) is 0 Å². The summed E-state index contributed by atoms with van der Waals surface area (Å²) in [6.45, 7) is 5.57. The van der Waals surface area contributed by atoms with Crippen molar-refractivity contribution >= 4 is 5.91 Å². The fraction of sp³-hybridized carbons (Fsp3) is 0.316. The molecule has 2 aromatic carbocycles. The molecule has 0 heterocycles. The quantitative estimate of drug-likeness (QED) is 0.838. The molecular weight excluding hydrogens is 309 g/mol. The van der Waals surface area contributed by atoms with Crippen LogP contribution in [-0.2, 0) is 4.79 Å². The second kappa shape index (κ2) is 8.34. The number of nitrogens with one attached hydrogen (secondary N) is 1. The maximum Gasteiger partial charge on any atom is 0.258 e. The number of amides is 1. The van der Waals surface area contributed by atoms with Crippen LogP contribution in [0.4, 0.5) is 4.39 Å². The van der Waals surface area contributed by atoms with Gasteiger partial charge >= 0.3 is 0 Å². The lowest BCUT2D eigenvalue weighted by molar-refractivity contribution is -0.123. The van der Waals surface area contributed by atoms with E-state index in [1.165, 1.54) is 12.1 Å². The second-order valence-electron chi connectivity index (χ2n) is 5.74. The van der Waals surface area contributed by atoms with E-state index in [1.54, 1.807) is 12.1 Å². The third kappa shape index (κ3) is 5.26. The second-order valence-corrected chi connectivity index (χ2v) is 5.74. The van der Waals surface area contributed by atoms with E-state index in [2.05, 4.69) is 5.32 Å². The van der Waals surface area contributed by atoms with Crippen LogP contribution in [-0.4, -0.2) is 18.6 Å². The Morgan fingerprint density at radius 2 is 1.75 bits per heavy atom. The molecule has 1 amide bonds. The first-order valence-corrected chi connectivity index (χ1v) is 7.89. The Balaban J connectivity index is 1.86. The molecule has 1 unspecified atom stereocenters. The fourth-order valence-electron chi connectivity index (χ4n) is 2.18. The summed E-state index contributed by atoms with van der Waals surface area (Å²) in [5.74, 6) is 0.0537. The molecule has 0 bridgehead atoms. The third-order valence-electron chi connectivity index (χ3n) is 3.32. The Bertz CT molecular complexity index is 671. The summed E-state index contributed by atoms with van der Waals surface area (Å²) in [7, 11) is 0. The van der Waals surface area contributed by atoms with E-state index in [9.17, 15) is 9.18 Å². The highest BCUT2D eigenvalue weighted by molar-refractivity contribution is 5.78. The highest BCUT2D eigenvalue weighted by Crippen LogP contribution is 2.19. The number of ether oxygens (including phenoxy) is 2. The van der Waals surface area contributed by atoms with Gasteiger partial charge in [0.1, 0.15) is 5.75 Å². The molecule has 0 radical (unpaired) electrons. The van der Waals surface area contributed by atoms with Gasteiger partial charge in [-0.3, -0.25) is 4.79 Å². The minimum Gasteiger partial charge on any atom is -0.491 e. The SMILES string of the molecule is CC(C)Oc1ccc(C(C)NC(=O)COc2ccccc2F)cc1. The van der Waals surface area contributed by atoms with Crippen LogP contribution in [0.25, 0.3) is 0 Å². The number of carbonyl (C=O) groups is 1. The van der Waals surface area contributed by atoms with Crippen molar-refractivity contribution in [3.8, 4) is 11.5 Å². The third-order valence-corrected chi connectivity index (χ3v) is 3.32. The van der Waals surface area contributed by atoms with Gasteiger partial charge in [-0.15, -0.1) is 0 Å². The minimum absolute atomic E-state index is 0.0653. The van der Waals surface area contributed by atoms with Gasteiger partial charge in [0.2, 0.25) is 0 Å². The average Bonchev–Trinajstić information content (AvgIpc) is 2.54. The van der Waals surface area contributed by atoms with Crippen LogP contribution in [0.15, 0.2) is 48.5 Å². The zero-order valence-electron chi connectivity index (χ0n) is 14.1. The largest absolute Gasteiger partial charge is 0.491 e. The van der Waals surface area contributed by atoms with E-state index in [0.717, 1.165) is 11.3 Å². The minimum atomic E-state index is -0.487. The molecule has 0 fully saturated rings. The molecule has 4 nitrogen and oxygen atoms in total. The van der Waals surface area contributed by atoms with Gasteiger partial charge in [-0.05, 0) is 50.6 Å². The first kappa shape index (κ1) is 17.8. The average molecular weight is 331 g/mol. The monoisotopic (exact) mass is 331 g/mol. The summed E-state index contributed by atoms with van der Waals surface area (Å²) in [6.07, 6.45) is 0.114. The fourth-order valence-corrected chi connectivity index (χ4v) is 2.18. The van der Waals surface area contributed by atoms with E-state index in [4.69, 9.17) is 9.47 Å². The summed E-state index contributed by atoms with van der Waals surface area (Å²) in [5.41, 5.74) is 0.949. The number of rotatable bonds is 7. The number of hydrogen-bond acceptors (Lipinski definition) is 3.